The highest BCUT2D eigenvalue weighted by Gasteiger charge is 2.33. The van der Waals surface area contributed by atoms with Crippen molar-refractivity contribution in [3.05, 3.63) is 12.7 Å². The van der Waals surface area contributed by atoms with Crippen molar-refractivity contribution in [3.8, 4) is 0 Å². The van der Waals surface area contributed by atoms with Crippen LogP contribution in [-0.4, -0.2) is 36.7 Å². The Morgan fingerprint density at radius 3 is 2.67 bits per heavy atom. The molecule has 0 spiro atoms. The minimum absolute atomic E-state index is 0.512. The van der Waals surface area contributed by atoms with Gasteiger partial charge in [0.25, 0.3) is 0 Å². The van der Waals surface area contributed by atoms with Gasteiger partial charge >= 0.3 is 0 Å². The molecule has 1 unspecified atom stereocenters. The number of hydrogen-bond donors (Lipinski definition) is 0. The van der Waals surface area contributed by atoms with E-state index in [-0.39, 0.29) is 0 Å². The van der Waals surface area contributed by atoms with Gasteiger partial charge in [-0.15, -0.1) is 6.58 Å². The molecule has 0 bridgehead atoms. The highest BCUT2D eigenvalue weighted by atomic mass is 15.6. The molecule has 0 aromatic heterocycles. The second kappa shape index (κ2) is 5.13. The summed E-state index contributed by atoms with van der Waals surface area (Å²) in [5.74, 6) is 0. The number of nitrogens with zero attached hydrogens (tertiary/aromatic N) is 2. The smallest absolute Gasteiger partial charge is 0.0253 e. The standard InChI is InChI=1S/C13H26N2/c1-6-7-8-12-11-13(2,3)9-10-15(12)14(4)5/h6,12H,1,7-11H2,2-5H3. The quantitative estimate of drug-likeness (QED) is 0.658. The van der Waals surface area contributed by atoms with Gasteiger partial charge in [-0.2, -0.15) is 0 Å². The Kier molecular flexibility index (Phi) is 4.35. The summed E-state index contributed by atoms with van der Waals surface area (Å²) in [6, 6.07) is 0.696. The molecule has 2 heteroatoms. The predicted molar refractivity (Wildman–Crippen MR) is 66.6 cm³/mol. The largest absolute Gasteiger partial charge is 0.248 e. The molecule has 15 heavy (non-hydrogen) atoms. The summed E-state index contributed by atoms with van der Waals surface area (Å²) in [4.78, 5) is 0. The molecule has 0 saturated carbocycles. The van der Waals surface area contributed by atoms with E-state index in [1.807, 2.05) is 6.08 Å². The molecular weight excluding hydrogens is 184 g/mol. The van der Waals surface area contributed by atoms with Crippen LogP contribution in [0.4, 0.5) is 0 Å². The Bertz CT molecular complexity index is 209. The lowest BCUT2D eigenvalue weighted by molar-refractivity contribution is -0.0716. The van der Waals surface area contributed by atoms with E-state index in [1.165, 1.54) is 25.8 Å². The normalized spacial score (nSPS) is 26.9. The van der Waals surface area contributed by atoms with E-state index in [0.717, 1.165) is 6.42 Å². The van der Waals surface area contributed by atoms with Crippen LogP contribution in [0.25, 0.3) is 0 Å². The fourth-order valence-electron chi connectivity index (χ4n) is 2.53. The zero-order valence-electron chi connectivity index (χ0n) is 10.8. The average molecular weight is 210 g/mol. The summed E-state index contributed by atoms with van der Waals surface area (Å²) >= 11 is 0. The minimum Gasteiger partial charge on any atom is -0.248 e. The van der Waals surface area contributed by atoms with E-state index in [4.69, 9.17) is 0 Å². The van der Waals surface area contributed by atoms with Crippen LogP contribution in [0.3, 0.4) is 0 Å². The minimum atomic E-state index is 0.512. The summed E-state index contributed by atoms with van der Waals surface area (Å²) < 4.78 is 0. The lowest BCUT2D eigenvalue weighted by Crippen LogP contribution is -2.51. The van der Waals surface area contributed by atoms with E-state index in [2.05, 4.69) is 44.5 Å². The van der Waals surface area contributed by atoms with Gasteiger partial charge in [0.15, 0.2) is 0 Å². The predicted octanol–water partition coefficient (Wildman–Crippen LogP) is 2.92. The van der Waals surface area contributed by atoms with Crippen LogP contribution in [0.15, 0.2) is 12.7 Å². The summed E-state index contributed by atoms with van der Waals surface area (Å²) in [6.45, 7) is 9.80. The van der Waals surface area contributed by atoms with Gasteiger partial charge in [0.05, 0.1) is 0 Å². The van der Waals surface area contributed by atoms with E-state index in [1.54, 1.807) is 0 Å². The fraction of sp³-hybridized carbons (Fsp3) is 0.846. The van der Waals surface area contributed by atoms with Gasteiger partial charge in [-0.3, -0.25) is 0 Å². The molecule has 1 rings (SSSR count). The van der Waals surface area contributed by atoms with Crippen LogP contribution in [0.1, 0.15) is 39.5 Å². The maximum atomic E-state index is 3.82. The Labute approximate surface area is 94.9 Å². The highest BCUT2D eigenvalue weighted by Crippen LogP contribution is 2.35. The molecule has 88 valence electrons. The van der Waals surface area contributed by atoms with Crippen molar-refractivity contribution in [1.29, 1.82) is 0 Å². The molecule has 0 aromatic carbocycles. The zero-order chi connectivity index (χ0) is 11.5. The second-order valence-electron chi connectivity index (χ2n) is 5.65. The molecule has 0 radical (unpaired) electrons. The third-order valence-corrected chi connectivity index (χ3v) is 3.45. The van der Waals surface area contributed by atoms with Crippen molar-refractivity contribution in [2.45, 2.75) is 45.6 Å². The molecule has 1 fully saturated rings. The zero-order valence-corrected chi connectivity index (χ0v) is 10.8. The van der Waals surface area contributed by atoms with Crippen LogP contribution in [-0.2, 0) is 0 Å². The van der Waals surface area contributed by atoms with Crippen LogP contribution in [0, 0.1) is 5.41 Å². The Balaban J connectivity index is 2.60. The maximum absolute atomic E-state index is 3.82. The summed E-state index contributed by atoms with van der Waals surface area (Å²) in [7, 11) is 4.30. The fourth-order valence-corrected chi connectivity index (χ4v) is 2.53. The monoisotopic (exact) mass is 210 g/mol. The van der Waals surface area contributed by atoms with Crippen LogP contribution < -0.4 is 0 Å². The number of rotatable bonds is 4. The molecule has 1 aliphatic rings. The lowest BCUT2D eigenvalue weighted by Gasteiger charge is -2.46. The number of allylic oxidation sites excluding steroid dienone is 1. The van der Waals surface area contributed by atoms with Crippen molar-refractivity contribution in [3.63, 3.8) is 0 Å². The number of hydrazine groups is 1. The molecular formula is C13H26N2. The summed E-state index contributed by atoms with van der Waals surface area (Å²) in [5, 5.41) is 4.76. The third kappa shape index (κ3) is 3.62. The first-order valence-electron chi connectivity index (χ1n) is 6.01. The van der Waals surface area contributed by atoms with Crippen LogP contribution >= 0.6 is 0 Å². The highest BCUT2D eigenvalue weighted by molar-refractivity contribution is 4.86. The van der Waals surface area contributed by atoms with Crippen molar-refractivity contribution in [2.24, 2.45) is 5.41 Å². The van der Waals surface area contributed by atoms with Crippen LogP contribution in [0.5, 0.6) is 0 Å². The van der Waals surface area contributed by atoms with E-state index < -0.39 is 0 Å². The first-order valence-corrected chi connectivity index (χ1v) is 6.01. The molecule has 0 N–H and O–H groups in total. The first kappa shape index (κ1) is 12.7. The van der Waals surface area contributed by atoms with Crippen molar-refractivity contribution in [1.82, 2.24) is 10.0 Å². The summed E-state index contributed by atoms with van der Waals surface area (Å²) in [5.41, 5.74) is 0.512. The molecule has 2 nitrogen and oxygen atoms in total. The van der Waals surface area contributed by atoms with Gasteiger partial charge < -0.3 is 0 Å². The number of piperidine rings is 1. The van der Waals surface area contributed by atoms with Crippen molar-refractivity contribution < 1.29 is 0 Å². The van der Waals surface area contributed by atoms with Gasteiger partial charge in [-0.25, -0.2) is 10.0 Å². The van der Waals surface area contributed by atoms with Gasteiger partial charge in [0, 0.05) is 26.7 Å². The molecule has 0 aliphatic carbocycles. The Morgan fingerprint density at radius 2 is 2.13 bits per heavy atom. The SMILES string of the molecule is C=CCCC1CC(C)(C)CCN1N(C)C. The van der Waals surface area contributed by atoms with Gasteiger partial charge in [-0.05, 0) is 31.1 Å². The van der Waals surface area contributed by atoms with E-state index in [9.17, 15) is 0 Å². The average Bonchev–Trinajstić information content (AvgIpc) is 2.12. The Morgan fingerprint density at radius 1 is 1.47 bits per heavy atom. The van der Waals surface area contributed by atoms with Gasteiger partial charge in [0.1, 0.15) is 0 Å². The second-order valence-corrected chi connectivity index (χ2v) is 5.65. The molecule has 1 heterocycles. The molecule has 0 aromatic rings. The van der Waals surface area contributed by atoms with E-state index in [0.29, 0.717) is 11.5 Å². The van der Waals surface area contributed by atoms with Crippen LogP contribution in [0.2, 0.25) is 0 Å². The molecule has 1 saturated heterocycles. The topological polar surface area (TPSA) is 6.48 Å². The molecule has 1 aliphatic heterocycles. The van der Waals surface area contributed by atoms with Crippen molar-refractivity contribution >= 4 is 0 Å². The summed E-state index contributed by atoms with van der Waals surface area (Å²) in [6.07, 6.45) is 7.01. The Hall–Kier alpha value is -0.340. The molecule has 1 atom stereocenters. The maximum Gasteiger partial charge on any atom is 0.0253 e. The first-order chi connectivity index (χ1) is 6.96. The number of hydrogen-bond acceptors (Lipinski definition) is 2. The van der Waals surface area contributed by atoms with Gasteiger partial charge in [0.2, 0.25) is 0 Å². The van der Waals surface area contributed by atoms with E-state index >= 15 is 0 Å². The van der Waals surface area contributed by atoms with Crippen molar-refractivity contribution in [2.75, 3.05) is 20.6 Å². The third-order valence-electron chi connectivity index (χ3n) is 3.45. The van der Waals surface area contributed by atoms with Gasteiger partial charge in [-0.1, -0.05) is 19.9 Å². The molecule has 0 amide bonds. The lowest BCUT2D eigenvalue weighted by atomic mass is 9.78.